The fourth-order valence-corrected chi connectivity index (χ4v) is 3.88. The predicted molar refractivity (Wildman–Crippen MR) is 122 cm³/mol. The van der Waals surface area contributed by atoms with Gasteiger partial charge in [-0.05, 0) is 67.1 Å². The Balaban J connectivity index is 0.000000427. The molecule has 1 aliphatic carbocycles. The van der Waals surface area contributed by atoms with Crippen molar-refractivity contribution in [2.75, 3.05) is 11.4 Å². The Bertz CT molecular complexity index is 1110. The molecule has 0 aliphatic heterocycles. The van der Waals surface area contributed by atoms with Crippen molar-refractivity contribution in [1.82, 2.24) is 4.98 Å². The van der Waals surface area contributed by atoms with Gasteiger partial charge < -0.3 is 25.8 Å². The molecule has 32 heavy (non-hydrogen) atoms. The van der Waals surface area contributed by atoms with Crippen LogP contribution in [0.1, 0.15) is 23.2 Å². The Kier molecular flexibility index (Phi) is 7.50. The summed E-state index contributed by atoms with van der Waals surface area (Å²) in [6.45, 7) is 0.628. The molecule has 0 saturated carbocycles. The summed E-state index contributed by atoms with van der Waals surface area (Å²) < 4.78 is 0. The number of rotatable bonds is 5. The number of nitrogens with two attached hydrogens (primary N) is 1. The third-order valence-electron chi connectivity index (χ3n) is 5.41. The number of amides is 1. The number of aliphatic carboxylic acids is 2. The SMILES string of the molecule is NC1CCc2[nH]c3ccc(N(C=O)CCc4ccc(Cl)cc4)cc3c2C1.O=C(O)C(=O)O. The van der Waals surface area contributed by atoms with Gasteiger partial charge in [-0.25, -0.2) is 9.59 Å². The molecule has 1 atom stereocenters. The first kappa shape index (κ1) is 23.3. The highest BCUT2D eigenvalue weighted by atomic mass is 35.5. The van der Waals surface area contributed by atoms with E-state index in [9.17, 15) is 4.79 Å². The normalized spacial score (nSPS) is 14.8. The maximum atomic E-state index is 11.7. The number of carboxylic acids is 2. The molecule has 4 rings (SSSR count). The lowest BCUT2D eigenvalue weighted by molar-refractivity contribution is -0.159. The van der Waals surface area contributed by atoms with E-state index in [4.69, 9.17) is 37.1 Å². The van der Waals surface area contributed by atoms with Crippen molar-refractivity contribution in [1.29, 1.82) is 0 Å². The summed E-state index contributed by atoms with van der Waals surface area (Å²) in [6, 6.07) is 14.1. The standard InChI is InChI=1S/C21H22ClN3O.C2H2O4/c22-15-3-1-14(2-4-15)9-10-25(13-26)17-6-8-21-19(12-17)18-11-16(23)5-7-20(18)24-21;3-1(4)2(5)6/h1-4,6,8,12-13,16,24H,5,7,9-11,23H2;(H,3,4)(H,5,6). The maximum absolute atomic E-state index is 11.7. The quantitative estimate of drug-likeness (QED) is 0.343. The monoisotopic (exact) mass is 457 g/mol. The third-order valence-corrected chi connectivity index (χ3v) is 5.66. The second-order valence-electron chi connectivity index (χ2n) is 7.60. The summed E-state index contributed by atoms with van der Waals surface area (Å²) in [5, 5.41) is 16.7. The fraction of sp³-hybridized carbons (Fsp3) is 0.261. The van der Waals surface area contributed by atoms with Gasteiger partial charge in [-0.15, -0.1) is 0 Å². The molecule has 0 spiro atoms. The number of H-pyrrole nitrogens is 1. The largest absolute Gasteiger partial charge is 0.473 e. The molecule has 1 aromatic heterocycles. The number of carbonyl (C=O) groups excluding carboxylic acids is 1. The molecule has 0 saturated heterocycles. The van der Waals surface area contributed by atoms with E-state index < -0.39 is 11.9 Å². The van der Waals surface area contributed by atoms with E-state index >= 15 is 0 Å². The van der Waals surface area contributed by atoms with Crippen LogP contribution in [0.15, 0.2) is 42.5 Å². The fourth-order valence-electron chi connectivity index (χ4n) is 3.75. The average Bonchev–Trinajstić information content (AvgIpc) is 3.13. The minimum Gasteiger partial charge on any atom is -0.473 e. The lowest BCUT2D eigenvalue weighted by Crippen LogP contribution is -2.27. The number of aryl methyl sites for hydroxylation is 1. The molecule has 0 radical (unpaired) electrons. The van der Waals surface area contributed by atoms with E-state index in [-0.39, 0.29) is 6.04 Å². The number of carboxylic acid groups (broad SMARTS) is 2. The van der Waals surface area contributed by atoms with Crippen LogP contribution in [-0.4, -0.2) is 46.1 Å². The van der Waals surface area contributed by atoms with Crippen LogP contribution in [0.5, 0.6) is 0 Å². The van der Waals surface area contributed by atoms with Crippen LogP contribution in [0.25, 0.3) is 10.9 Å². The van der Waals surface area contributed by atoms with E-state index in [1.165, 1.54) is 16.6 Å². The van der Waals surface area contributed by atoms with Crippen LogP contribution in [0.4, 0.5) is 5.69 Å². The molecule has 0 bridgehead atoms. The number of benzene rings is 2. The molecule has 1 amide bonds. The Labute approximate surface area is 189 Å². The first-order chi connectivity index (χ1) is 15.3. The number of aromatic nitrogens is 1. The van der Waals surface area contributed by atoms with E-state index in [1.807, 2.05) is 30.3 Å². The van der Waals surface area contributed by atoms with Crippen molar-refractivity contribution in [2.24, 2.45) is 5.73 Å². The zero-order valence-corrected chi connectivity index (χ0v) is 18.0. The lowest BCUT2D eigenvalue weighted by Gasteiger charge is -2.19. The Morgan fingerprint density at radius 1 is 1.16 bits per heavy atom. The highest BCUT2D eigenvalue weighted by Gasteiger charge is 2.20. The summed E-state index contributed by atoms with van der Waals surface area (Å²) in [6.07, 6.45) is 4.60. The Morgan fingerprint density at radius 3 is 2.47 bits per heavy atom. The molecule has 9 heteroatoms. The molecular weight excluding hydrogens is 434 g/mol. The number of aromatic amines is 1. The molecular formula is C23H24ClN3O5. The minimum absolute atomic E-state index is 0.220. The predicted octanol–water partition coefficient (Wildman–Crippen LogP) is 3.00. The second-order valence-corrected chi connectivity index (χ2v) is 8.04. The van der Waals surface area contributed by atoms with E-state index in [0.717, 1.165) is 53.9 Å². The molecule has 1 heterocycles. The van der Waals surface area contributed by atoms with Crippen LogP contribution >= 0.6 is 11.6 Å². The number of nitrogens with zero attached hydrogens (tertiary/aromatic N) is 1. The molecule has 3 aromatic rings. The van der Waals surface area contributed by atoms with Crippen LogP contribution < -0.4 is 10.6 Å². The molecule has 8 nitrogen and oxygen atoms in total. The van der Waals surface area contributed by atoms with E-state index in [2.05, 4.69) is 17.1 Å². The zero-order chi connectivity index (χ0) is 23.3. The molecule has 2 aromatic carbocycles. The van der Waals surface area contributed by atoms with Crippen molar-refractivity contribution in [3.8, 4) is 0 Å². The van der Waals surface area contributed by atoms with Gasteiger partial charge in [-0.1, -0.05) is 23.7 Å². The van der Waals surface area contributed by atoms with Gasteiger partial charge in [0.1, 0.15) is 0 Å². The van der Waals surface area contributed by atoms with Crippen molar-refractivity contribution in [3.05, 3.63) is 64.3 Å². The summed E-state index contributed by atoms with van der Waals surface area (Å²) >= 11 is 5.93. The molecule has 5 N–H and O–H groups in total. The number of hydrogen-bond acceptors (Lipinski definition) is 4. The smallest absolute Gasteiger partial charge is 0.414 e. The van der Waals surface area contributed by atoms with Gasteiger partial charge in [0.2, 0.25) is 6.41 Å². The van der Waals surface area contributed by atoms with Gasteiger partial charge in [0.25, 0.3) is 0 Å². The van der Waals surface area contributed by atoms with Crippen LogP contribution in [-0.2, 0) is 33.6 Å². The number of hydrogen-bond donors (Lipinski definition) is 4. The molecule has 168 valence electrons. The Hall–Kier alpha value is -3.36. The first-order valence-electron chi connectivity index (χ1n) is 10.1. The number of carbonyl (C=O) groups is 3. The topological polar surface area (TPSA) is 137 Å². The minimum atomic E-state index is -1.82. The van der Waals surface area contributed by atoms with Crippen LogP contribution in [0.2, 0.25) is 5.02 Å². The van der Waals surface area contributed by atoms with Crippen molar-refractivity contribution in [2.45, 2.75) is 31.7 Å². The highest BCUT2D eigenvalue weighted by molar-refractivity contribution is 6.30. The van der Waals surface area contributed by atoms with Gasteiger partial charge in [0.05, 0.1) is 0 Å². The maximum Gasteiger partial charge on any atom is 0.414 e. The number of fused-ring (bicyclic) bond motifs is 3. The lowest BCUT2D eigenvalue weighted by atomic mass is 9.92. The van der Waals surface area contributed by atoms with Gasteiger partial charge in [-0.3, -0.25) is 4.79 Å². The molecule has 1 aliphatic rings. The molecule has 0 fully saturated rings. The zero-order valence-electron chi connectivity index (χ0n) is 17.3. The van der Waals surface area contributed by atoms with E-state index in [0.29, 0.717) is 6.54 Å². The summed E-state index contributed by atoms with van der Waals surface area (Å²) in [5.41, 5.74) is 12.0. The molecule has 1 unspecified atom stereocenters. The van der Waals surface area contributed by atoms with Crippen LogP contribution in [0, 0.1) is 0 Å². The summed E-state index contributed by atoms with van der Waals surface area (Å²) in [4.78, 5) is 35.1. The van der Waals surface area contributed by atoms with Gasteiger partial charge in [-0.2, -0.15) is 0 Å². The number of nitrogens with one attached hydrogen (secondary N) is 1. The number of anilines is 1. The van der Waals surface area contributed by atoms with Crippen molar-refractivity contribution in [3.63, 3.8) is 0 Å². The van der Waals surface area contributed by atoms with Gasteiger partial charge in [0, 0.05) is 39.9 Å². The summed E-state index contributed by atoms with van der Waals surface area (Å²) in [7, 11) is 0. The van der Waals surface area contributed by atoms with Crippen molar-refractivity contribution >= 4 is 46.5 Å². The van der Waals surface area contributed by atoms with Crippen LogP contribution in [0.3, 0.4) is 0 Å². The summed E-state index contributed by atoms with van der Waals surface area (Å²) in [5.74, 6) is -3.65. The highest BCUT2D eigenvalue weighted by Crippen LogP contribution is 2.31. The van der Waals surface area contributed by atoms with Gasteiger partial charge in [0.15, 0.2) is 0 Å². The van der Waals surface area contributed by atoms with E-state index in [1.54, 1.807) is 4.90 Å². The first-order valence-corrected chi connectivity index (χ1v) is 10.5. The average molecular weight is 458 g/mol. The Morgan fingerprint density at radius 2 is 1.84 bits per heavy atom. The number of halogens is 1. The van der Waals surface area contributed by atoms with Crippen molar-refractivity contribution < 1.29 is 24.6 Å². The second kappa shape index (κ2) is 10.3. The van der Waals surface area contributed by atoms with Gasteiger partial charge >= 0.3 is 11.9 Å². The third kappa shape index (κ3) is 5.66.